The van der Waals surface area contributed by atoms with Crippen LogP contribution in [-0.4, -0.2) is 12.5 Å². The molecule has 110 valence electrons. The highest BCUT2D eigenvalue weighted by Gasteiger charge is 2.07. The van der Waals surface area contributed by atoms with Gasteiger partial charge in [0.1, 0.15) is 5.75 Å². The molecule has 0 heterocycles. The maximum Gasteiger partial charge on any atom is 0.255 e. The Kier molecular flexibility index (Phi) is 4.95. The van der Waals surface area contributed by atoms with Crippen LogP contribution in [0.25, 0.3) is 0 Å². The number of nitrogens with one attached hydrogen (secondary N) is 1. The number of ether oxygens (including phenoxy) is 1. The van der Waals surface area contributed by atoms with Gasteiger partial charge < -0.3 is 15.8 Å². The summed E-state index contributed by atoms with van der Waals surface area (Å²) in [5.41, 5.74) is 8.17. The summed E-state index contributed by atoms with van der Waals surface area (Å²) in [6.07, 6.45) is 0. The quantitative estimate of drug-likeness (QED) is 0.885. The molecule has 0 aliphatic rings. The second-order valence-corrected chi connectivity index (χ2v) is 4.82. The van der Waals surface area contributed by atoms with Crippen molar-refractivity contribution in [1.82, 2.24) is 0 Å². The van der Waals surface area contributed by atoms with Gasteiger partial charge in [0.2, 0.25) is 0 Å². The van der Waals surface area contributed by atoms with Crippen molar-refractivity contribution in [3.05, 3.63) is 59.7 Å². The summed E-state index contributed by atoms with van der Waals surface area (Å²) < 4.78 is 5.35. The molecule has 0 saturated carbocycles. The van der Waals surface area contributed by atoms with Crippen LogP contribution in [0.3, 0.4) is 0 Å². The second kappa shape index (κ2) is 6.90. The summed E-state index contributed by atoms with van der Waals surface area (Å²) in [5, 5.41) is 2.86. The molecule has 2 rings (SSSR count). The van der Waals surface area contributed by atoms with E-state index in [1.54, 1.807) is 24.3 Å². The van der Waals surface area contributed by atoms with E-state index in [1.165, 1.54) is 0 Å². The van der Waals surface area contributed by atoms with Crippen LogP contribution in [0.15, 0.2) is 48.5 Å². The maximum atomic E-state index is 12.1. The topological polar surface area (TPSA) is 64.3 Å². The van der Waals surface area contributed by atoms with Crippen LogP contribution >= 0.6 is 0 Å². The van der Waals surface area contributed by atoms with E-state index in [0.29, 0.717) is 12.2 Å². The van der Waals surface area contributed by atoms with Crippen LogP contribution in [0, 0.1) is 0 Å². The minimum absolute atomic E-state index is 0.0131. The molecule has 0 aromatic heterocycles. The minimum atomic E-state index is -0.147. The molecule has 0 fully saturated rings. The van der Waals surface area contributed by atoms with E-state index in [2.05, 4.69) is 5.32 Å². The Bertz CT molecular complexity index is 589. The zero-order chi connectivity index (χ0) is 15.2. The van der Waals surface area contributed by atoms with Gasteiger partial charge in [0, 0.05) is 17.3 Å². The Labute approximate surface area is 124 Å². The third-order valence-electron chi connectivity index (χ3n) is 3.12. The first-order valence-electron chi connectivity index (χ1n) is 7.00. The molecule has 0 bridgehead atoms. The predicted molar refractivity (Wildman–Crippen MR) is 84.6 cm³/mol. The highest BCUT2D eigenvalue weighted by atomic mass is 16.5. The van der Waals surface area contributed by atoms with E-state index in [4.69, 9.17) is 10.5 Å². The van der Waals surface area contributed by atoms with Crippen LogP contribution in [0.2, 0.25) is 0 Å². The van der Waals surface area contributed by atoms with E-state index in [-0.39, 0.29) is 11.9 Å². The molecule has 1 unspecified atom stereocenters. The summed E-state index contributed by atoms with van der Waals surface area (Å²) in [4.78, 5) is 12.1. The Morgan fingerprint density at radius 2 is 1.76 bits per heavy atom. The highest BCUT2D eigenvalue weighted by Crippen LogP contribution is 2.16. The van der Waals surface area contributed by atoms with Gasteiger partial charge in [0.25, 0.3) is 5.91 Å². The summed E-state index contributed by atoms with van der Waals surface area (Å²) in [6, 6.07) is 14.6. The fourth-order valence-corrected chi connectivity index (χ4v) is 1.94. The van der Waals surface area contributed by atoms with E-state index < -0.39 is 0 Å². The van der Waals surface area contributed by atoms with Crippen molar-refractivity contribution < 1.29 is 9.53 Å². The van der Waals surface area contributed by atoms with Gasteiger partial charge in [-0.2, -0.15) is 0 Å². The minimum Gasteiger partial charge on any atom is -0.494 e. The van der Waals surface area contributed by atoms with Crippen LogP contribution in [0.5, 0.6) is 5.75 Å². The average Bonchev–Trinajstić information content (AvgIpc) is 2.49. The number of amides is 1. The monoisotopic (exact) mass is 284 g/mol. The number of benzene rings is 2. The van der Waals surface area contributed by atoms with Gasteiger partial charge in [-0.25, -0.2) is 0 Å². The molecule has 3 N–H and O–H groups in total. The number of hydrogen-bond acceptors (Lipinski definition) is 3. The first-order valence-corrected chi connectivity index (χ1v) is 7.00. The number of rotatable bonds is 5. The van der Waals surface area contributed by atoms with Gasteiger partial charge in [-0.1, -0.05) is 12.1 Å². The van der Waals surface area contributed by atoms with Gasteiger partial charge in [-0.3, -0.25) is 4.79 Å². The van der Waals surface area contributed by atoms with Crippen LogP contribution in [0.4, 0.5) is 5.69 Å². The van der Waals surface area contributed by atoms with Crippen LogP contribution in [-0.2, 0) is 0 Å². The summed E-state index contributed by atoms with van der Waals surface area (Å²) in [5.74, 6) is 0.613. The molecule has 2 aromatic carbocycles. The van der Waals surface area contributed by atoms with Crippen molar-refractivity contribution in [3.8, 4) is 5.75 Å². The van der Waals surface area contributed by atoms with Gasteiger partial charge in [0.05, 0.1) is 6.61 Å². The largest absolute Gasteiger partial charge is 0.494 e. The molecule has 0 aliphatic heterocycles. The average molecular weight is 284 g/mol. The molecule has 0 spiro atoms. The van der Waals surface area contributed by atoms with Crippen molar-refractivity contribution in [3.63, 3.8) is 0 Å². The molecule has 4 nitrogen and oxygen atoms in total. The molecule has 2 aromatic rings. The number of carbonyl (C=O) groups excluding carboxylic acids is 1. The molecular weight excluding hydrogens is 264 g/mol. The Morgan fingerprint density at radius 1 is 1.14 bits per heavy atom. The molecule has 0 saturated heterocycles. The van der Waals surface area contributed by atoms with Crippen molar-refractivity contribution in [1.29, 1.82) is 0 Å². The Hall–Kier alpha value is -2.33. The fraction of sp³-hybridized carbons (Fsp3) is 0.235. The third kappa shape index (κ3) is 4.07. The maximum absolute atomic E-state index is 12.1. The SMILES string of the molecule is CCOc1ccc(C(=O)Nc2ccc(C(C)N)cc2)cc1. The van der Waals surface area contributed by atoms with E-state index in [1.807, 2.05) is 38.1 Å². The molecular formula is C17H20N2O2. The number of nitrogens with two attached hydrogens (primary N) is 1. The summed E-state index contributed by atoms with van der Waals surface area (Å²) in [7, 11) is 0. The van der Waals surface area contributed by atoms with Crippen molar-refractivity contribution >= 4 is 11.6 Å². The number of hydrogen-bond donors (Lipinski definition) is 2. The summed E-state index contributed by atoms with van der Waals surface area (Å²) in [6.45, 7) is 4.46. The molecule has 0 aliphatic carbocycles. The first kappa shape index (κ1) is 15.1. The molecule has 1 atom stereocenters. The lowest BCUT2D eigenvalue weighted by Crippen LogP contribution is -2.12. The standard InChI is InChI=1S/C17H20N2O2/c1-3-21-16-10-6-14(7-11-16)17(20)19-15-8-4-13(5-9-15)12(2)18/h4-12H,3,18H2,1-2H3,(H,19,20). The smallest absolute Gasteiger partial charge is 0.255 e. The Balaban J connectivity index is 2.03. The van der Waals surface area contributed by atoms with Gasteiger partial charge in [-0.15, -0.1) is 0 Å². The first-order chi connectivity index (χ1) is 10.1. The van der Waals surface area contributed by atoms with E-state index >= 15 is 0 Å². The zero-order valence-corrected chi connectivity index (χ0v) is 12.3. The lowest BCUT2D eigenvalue weighted by Gasteiger charge is -2.09. The molecule has 21 heavy (non-hydrogen) atoms. The van der Waals surface area contributed by atoms with Crippen molar-refractivity contribution in [2.45, 2.75) is 19.9 Å². The Morgan fingerprint density at radius 3 is 2.29 bits per heavy atom. The highest BCUT2D eigenvalue weighted by molar-refractivity contribution is 6.04. The second-order valence-electron chi connectivity index (χ2n) is 4.82. The van der Waals surface area contributed by atoms with Gasteiger partial charge in [0.15, 0.2) is 0 Å². The van der Waals surface area contributed by atoms with E-state index in [9.17, 15) is 4.79 Å². The lowest BCUT2D eigenvalue weighted by molar-refractivity contribution is 0.102. The molecule has 0 radical (unpaired) electrons. The summed E-state index contributed by atoms with van der Waals surface area (Å²) >= 11 is 0. The van der Waals surface area contributed by atoms with E-state index in [0.717, 1.165) is 17.0 Å². The molecule has 4 heteroatoms. The van der Waals surface area contributed by atoms with Gasteiger partial charge in [-0.05, 0) is 55.8 Å². The van der Waals surface area contributed by atoms with Crippen molar-refractivity contribution in [2.75, 3.05) is 11.9 Å². The fourth-order valence-electron chi connectivity index (χ4n) is 1.94. The normalized spacial score (nSPS) is 11.8. The van der Waals surface area contributed by atoms with Crippen LogP contribution < -0.4 is 15.8 Å². The lowest BCUT2D eigenvalue weighted by atomic mass is 10.1. The van der Waals surface area contributed by atoms with Crippen molar-refractivity contribution in [2.24, 2.45) is 5.73 Å². The predicted octanol–water partition coefficient (Wildman–Crippen LogP) is 3.36. The number of anilines is 1. The number of carbonyl (C=O) groups is 1. The van der Waals surface area contributed by atoms with Gasteiger partial charge >= 0.3 is 0 Å². The van der Waals surface area contributed by atoms with Crippen LogP contribution in [0.1, 0.15) is 35.8 Å². The zero-order valence-electron chi connectivity index (χ0n) is 12.3. The molecule has 1 amide bonds. The third-order valence-corrected chi connectivity index (χ3v) is 3.12.